The van der Waals surface area contributed by atoms with Crippen LogP contribution in [-0.4, -0.2) is 31.9 Å². The Morgan fingerprint density at radius 3 is 2.50 bits per heavy atom. The SMILES string of the molecule is CC(N)C1CCN(S(=O)(=O)c2ccc(Cl)c(C#N)c2)CC1.Cl. The summed E-state index contributed by atoms with van der Waals surface area (Å²) in [7, 11) is -3.58. The summed E-state index contributed by atoms with van der Waals surface area (Å²) in [6.45, 7) is 2.87. The number of rotatable bonds is 3. The van der Waals surface area contributed by atoms with Crippen molar-refractivity contribution in [2.45, 2.75) is 30.7 Å². The Bertz CT molecular complexity index is 663. The molecule has 122 valence electrons. The summed E-state index contributed by atoms with van der Waals surface area (Å²) >= 11 is 5.84. The summed E-state index contributed by atoms with van der Waals surface area (Å²) in [5, 5.41) is 9.21. The van der Waals surface area contributed by atoms with Crippen molar-refractivity contribution in [3.05, 3.63) is 28.8 Å². The highest BCUT2D eigenvalue weighted by molar-refractivity contribution is 7.89. The molecule has 1 aliphatic heterocycles. The van der Waals surface area contributed by atoms with Crippen LogP contribution in [0.2, 0.25) is 5.02 Å². The lowest BCUT2D eigenvalue weighted by molar-refractivity contribution is 0.250. The fourth-order valence-electron chi connectivity index (χ4n) is 2.54. The quantitative estimate of drug-likeness (QED) is 0.892. The van der Waals surface area contributed by atoms with Crippen LogP contribution in [0.4, 0.5) is 0 Å². The van der Waals surface area contributed by atoms with E-state index in [4.69, 9.17) is 22.6 Å². The number of nitriles is 1. The lowest BCUT2D eigenvalue weighted by atomic mass is 9.92. The molecular weight excluding hydrogens is 345 g/mol. The molecule has 2 N–H and O–H groups in total. The van der Waals surface area contributed by atoms with Crippen LogP contribution in [0, 0.1) is 17.2 Å². The van der Waals surface area contributed by atoms with Crippen LogP contribution in [0.25, 0.3) is 0 Å². The predicted octanol–water partition coefficient (Wildman–Crippen LogP) is 2.38. The van der Waals surface area contributed by atoms with Gasteiger partial charge in [0, 0.05) is 19.1 Å². The highest BCUT2D eigenvalue weighted by Gasteiger charge is 2.30. The van der Waals surface area contributed by atoms with Gasteiger partial charge in [0.15, 0.2) is 0 Å². The molecule has 1 aliphatic rings. The van der Waals surface area contributed by atoms with E-state index in [9.17, 15) is 8.42 Å². The standard InChI is InChI=1S/C14H18ClN3O2S.ClH/c1-10(17)11-4-6-18(7-5-11)21(19,20)13-2-3-14(15)12(8-13)9-16;/h2-3,8,10-11H,4-7,17H2,1H3;1H. The molecule has 1 saturated heterocycles. The Kier molecular flexibility index (Phi) is 6.65. The van der Waals surface area contributed by atoms with Gasteiger partial charge in [0.05, 0.1) is 15.5 Å². The van der Waals surface area contributed by atoms with Crippen molar-refractivity contribution in [2.24, 2.45) is 11.7 Å². The summed E-state index contributed by atoms with van der Waals surface area (Å²) in [6.07, 6.45) is 1.52. The molecule has 1 unspecified atom stereocenters. The van der Waals surface area contributed by atoms with Crippen molar-refractivity contribution in [1.29, 1.82) is 5.26 Å². The molecule has 0 spiro atoms. The van der Waals surface area contributed by atoms with Crippen LogP contribution in [0.5, 0.6) is 0 Å². The summed E-state index contributed by atoms with van der Waals surface area (Å²) < 4.78 is 26.6. The molecule has 0 radical (unpaired) electrons. The largest absolute Gasteiger partial charge is 0.328 e. The molecule has 0 amide bonds. The zero-order valence-corrected chi connectivity index (χ0v) is 14.6. The normalized spacial score (nSPS) is 18.3. The van der Waals surface area contributed by atoms with E-state index in [1.807, 2.05) is 13.0 Å². The number of piperidine rings is 1. The van der Waals surface area contributed by atoms with E-state index in [2.05, 4.69) is 0 Å². The average molecular weight is 364 g/mol. The van der Waals surface area contributed by atoms with Crippen molar-refractivity contribution in [3.8, 4) is 6.07 Å². The second-order valence-corrected chi connectivity index (χ2v) is 7.70. The monoisotopic (exact) mass is 363 g/mol. The molecule has 0 aliphatic carbocycles. The molecule has 1 aromatic rings. The average Bonchev–Trinajstić information content (AvgIpc) is 2.47. The fourth-order valence-corrected chi connectivity index (χ4v) is 4.20. The smallest absolute Gasteiger partial charge is 0.243 e. The Labute approximate surface area is 142 Å². The van der Waals surface area contributed by atoms with Crippen molar-refractivity contribution in [3.63, 3.8) is 0 Å². The summed E-state index contributed by atoms with van der Waals surface area (Å²) in [4.78, 5) is 0.114. The minimum absolute atomic E-state index is 0. The van der Waals surface area contributed by atoms with E-state index in [1.165, 1.54) is 22.5 Å². The molecule has 1 fully saturated rings. The first-order valence-corrected chi connectivity index (χ1v) is 8.63. The third-order valence-electron chi connectivity index (χ3n) is 3.94. The van der Waals surface area contributed by atoms with Gasteiger partial charge in [-0.05, 0) is 43.9 Å². The van der Waals surface area contributed by atoms with E-state index in [-0.39, 0.29) is 33.9 Å². The van der Waals surface area contributed by atoms with Crippen LogP contribution < -0.4 is 5.73 Å². The number of nitrogens with two attached hydrogens (primary N) is 1. The summed E-state index contributed by atoms with van der Waals surface area (Å²) in [6, 6.07) is 6.20. The van der Waals surface area contributed by atoms with Crippen LogP contribution in [0.1, 0.15) is 25.3 Å². The molecule has 0 aromatic heterocycles. The van der Waals surface area contributed by atoms with Crippen molar-refractivity contribution < 1.29 is 8.42 Å². The number of halogens is 2. The fraction of sp³-hybridized carbons (Fsp3) is 0.500. The van der Waals surface area contributed by atoms with Crippen molar-refractivity contribution in [2.75, 3.05) is 13.1 Å². The van der Waals surface area contributed by atoms with Crippen LogP contribution in [0.3, 0.4) is 0 Å². The number of benzene rings is 1. The zero-order valence-electron chi connectivity index (χ0n) is 12.2. The highest BCUT2D eigenvalue weighted by Crippen LogP contribution is 2.27. The van der Waals surface area contributed by atoms with Gasteiger partial charge in [-0.3, -0.25) is 0 Å². The van der Waals surface area contributed by atoms with Crippen LogP contribution in [-0.2, 0) is 10.0 Å². The lowest BCUT2D eigenvalue weighted by Gasteiger charge is -2.32. The maximum atomic E-state index is 12.6. The molecule has 0 saturated carbocycles. The van der Waals surface area contributed by atoms with Gasteiger partial charge in [0.1, 0.15) is 6.07 Å². The Morgan fingerprint density at radius 1 is 1.41 bits per heavy atom. The first-order chi connectivity index (χ1) is 9.86. The van der Waals surface area contributed by atoms with Gasteiger partial charge >= 0.3 is 0 Å². The zero-order chi connectivity index (χ0) is 15.6. The van der Waals surface area contributed by atoms with Crippen LogP contribution in [0.15, 0.2) is 23.1 Å². The van der Waals surface area contributed by atoms with Gasteiger partial charge < -0.3 is 5.73 Å². The maximum absolute atomic E-state index is 12.6. The second-order valence-electron chi connectivity index (χ2n) is 5.35. The second kappa shape index (κ2) is 7.62. The van der Waals surface area contributed by atoms with Crippen LogP contribution >= 0.6 is 24.0 Å². The first-order valence-electron chi connectivity index (χ1n) is 6.81. The number of hydrogen-bond acceptors (Lipinski definition) is 4. The van der Waals surface area contributed by atoms with Gasteiger partial charge in [0.25, 0.3) is 0 Å². The topological polar surface area (TPSA) is 87.2 Å². The highest BCUT2D eigenvalue weighted by atomic mass is 35.5. The van der Waals surface area contributed by atoms with Gasteiger partial charge in [-0.25, -0.2) is 8.42 Å². The minimum Gasteiger partial charge on any atom is -0.328 e. The third kappa shape index (κ3) is 3.92. The van der Waals surface area contributed by atoms with Gasteiger partial charge in [-0.15, -0.1) is 12.4 Å². The molecule has 8 heteroatoms. The Morgan fingerprint density at radius 2 is 2.00 bits per heavy atom. The summed E-state index contributed by atoms with van der Waals surface area (Å²) in [5.41, 5.74) is 6.04. The van der Waals surface area contributed by atoms with E-state index in [1.54, 1.807) is 0 Å². The predicted molar refractivity (Wildman–Crippen MR) is 88.5 cm³/mol. The summed E-state index contributed by atoms with van der Waals surface area (Å²) in [5.74, 6) is 0.358. The van der Waals surface area contributed by atoms with E-state index in [0.29, 0.717) is 19.0 Å². The van der Waals surface area contributed by atoms with Crippen molar-refractivity contribution >= 4 is 34.0 Å². The van der Waals surface area contributed by atoms with E-state index in [0.717, 1.165) is 12.8 Å². The first kappa shape index (κ1) is 19.2. The van der Waals surface area contributed by atoms with Gasteiger partial charge in [-0.1, -0.05) is 11.6 Å². The lowest BCUT2D eigenvalue weighted by Crippen LogP contribution is -2.42. The molecule has 2 rings (SSSR count). The van der Waals surface area contributed by atoms with Crippen molar-refractivity contribution in [1.82, 2.24) is 4.31 Å². The third-order valence-corrected chi connectivity index (χ3v) is 6.16. The molecule has 1 heterocycles. The van der Waals surface area contributed by atoms with E-state index >= 15 is 0 Å². The Hall–Kier alpha value is -0.840. The van der Waals surface area contributed by atoms with Gasteiger partial charge in [0.2, 0.25) is 10.0 Å². The van der Waals surface area contributed by atoms with Gasteiger partial charge in [-0.2, -0.15) is 9.57 Å². The molecule has 0 bridgehead atoms. The maximum Gasteiger partial charge on any atom is 0.243 e. The molecule has 1 atom stereocenters. The molecule has 5 nitrogen and oxygen atoms in total. The minimum atomic E-state index is -3.58. The molecule has 22 heavy (non-hydrogen) atoms. The Balaban J connectivity index is 0.00000242. The number of nitrogens with zero attached hydrogens (tertiary/aromatic N) is 2. The molecule has 1 aromatic carbocycles. The molecular formula is C14H19Cl2N3O2S. The number of sulfonamides is 1. The van der Waals surface area contributed by atoms with E-state index < -0.39 is 10.0 Å². The number of hydrogen-bond donors (Lipinski definition) is 1.